The molecule has 0 heterocycles. The van der Waals surface area contributed by atoms with Crippen molar-refractivity contribution in [1.29, 1.82) is 0 Å². The molecule has 3 aromatic rings. The van der Waals surface area contributed by atoms with Gasteiger partial charge < -0.3 is 4.74 Å². The Bertz CT molecular complexity index is 922. The van der Waals surface area contributed by atoms with E-state index >= 15 is 0 Å². The standard InChI is InChI=1S/C21H17O2P/c1-23-20-14-8-9-15-21(20)24(22,19-12-6-3-7-13-19)17-16-18-10-4-2-5-11-18/h2-15H,1H3/t24-/m0/s1. The van der Waals surface area contributed by atoms with E-state index in [4.69, 9.17) is 4.74 Å². The molecule has 0 aromatic heterocycles. The maximum atomic E-state index is 13.9. The zero-order chi connectivity index (χ0) is 16.8. The van der Waals surface area contributed by atoms with Crippen LogP contribution in [0.25, 0.3) is 0 Å². The molecule has 3 heteroatoms. The van der Waals surface area contributed by atoms with E-state index in [0.29, 0.717) is 16.4 Å². The summed E-state index contributed by atoms with van der Waals surface area (Å²) in [6.07, 6.45) is 0. The number of para-hydroxylation sites is 1. The Kier molecular flexibility index (Phi) is 4.85. The third kappa shape index (κ3) is 3.27. The van der Waals surface area contributed by atoms with Gasteiger partial charge in [-0.2, -0.15) is 0 Å². The van der Waals surface area contributed by atoms with Gasteiger partial charge in [-0.1, -0.05) is 66.6 Å². The first kappa shape index (κ1) is 16.1. The number of ether oxygens (including phenoxy) is 1. The highest BCUT2D eigenvalue weighted by molar-refractivity contribution is 7.83. The molecule has 0 radical (unpaired) electrons. The van der Waals surface area contributed by atoms with E-state index in [1.165, 1.54) is 0 Å². The molecule has 0 unspecified atom stereocenters. The van der Waals surface area contributed by atoms with E-state index < -0.39 is 7.14 Å². The Hall–Kier alpha value is -2.75. The summed E-state index contributed by atoms with van der Waals surface area (Å²) in [4.78, 5) is 0. The molecule has 118 valence electrons. The van der Waals surface area contributed by atoms with Crippen LogP contribution >= 0.6 is 7.14 Å². The number of rotatable bonds is 3. The minimum Gasteiger partial charge on any atom is -0.496 e. The second kappa shape index (κ2) is 7.21. The Morgan fingerprint density at radius 3 is 2.04 bits per heavy atom. The van der Waals surface area contributed by atoms with E-state index in [1.807, 2.05) is 84.9 Å². The van der Waals surface area contributed by atoms with Gasteiger partial charge in [0.15, 0.2) is 0 Å². The Morgan fingerprint density at radius 1 is 0.792 bits per heavy atom. The second-order valence-electron chi connectivity index (χ2n) is 5.22. The average Bonchev–Trinajstić information content (AvgIpc) is 2.67. The number of benzene rings is 3. The van der Waals surface area contributed by atoms with Gasteiger partial charge in [0, 0.05) is 10.9 Å². The summed E-state index contributed by atoms with van der Waals surface area (Å²) >= 11 is 0. The van der Waals surface area contributed by atoms with Crippen molar-refractivity contribution < 1.29 is 9.30 Å². The monoisotopic (exact) mass is 332 g/mol. The van der Waals surface area contributed by atoms with Gasteiger partial charge in [-0.05, 0) is 29.9 Å². The topological polar surface area (TPSA) is 26.3 Å². The van der Waals surface area contributed by atoms with Gasteiger partial charge in [-0.25, -0.2) is 0 Å². The largest absolute Gasteiger partial charge is 0.496 e. The molecule has 1 atom stereocenters. The molecule has 0 spiro atoms. The van der Waals surface area contributed by atoms with Crippen molar-refractivity contribution in [2.75, 3.05) is 7.11 Å². The lowest BCUT2D eigenvalue weighted by atomic mass is 10.2. The van der Waals surface area contributed by atoms with Crippen LogP contribution in [-0.2, 0) is 4.57 Å². The van der Waals surface area contributed by atoms with Crippen LogP contribution in [0.15, 0.2) is 84.9 Å². The molecule has 0 aliphatic carbocycles. The summed E-state index contributed by atoms with van der Waals surface area (Å²) in [6.45, 7) is 0. The van der Waals surface area contributed by atoms with Crippen molar-refractivity contribution in [3.05, 3.63) is 90.5 Å². The maximum absolute atomic E-state index is 13.9. The summed E-state index contributed by atoms with van der Waals surface area (Å²) in [5.74, 6) is 3.65. The molecular formula is C21H17O2P. The summed E-state index contributed by atoms with van der Waals surface area (Å²) < 4.78 is 19.3. The summed E-state index contributed by atoms with van der Waals surface area (Å²) in [7, 11) is -1.55. The fourth-order valence-corrected chi connectivity index (χ4v) is 4.63. The molecule has 0 amide bonds. The van der Waals surface area contributed by atoms with E-state index in [-0.39, 0.29) is 0 Å². The molecule has 0 aliphatic heterocycles. The lowest BCUT2D eigenvalue weighted by molar-refractivity contribution is 0.418. The van der Waals surface area contributed by atoms with Crippen LogP contribution in [0, 0.1) is 11.6 Å². The van der Waals surface area contributed by atoms with Gasteiger partial charge >= 0.3 is 0 Å². The minimum absolute atomic E-state index is 0.590. The molecule has 0 saturated carbocycles. The molecule has 2 nitrogen and oxygen atoms in total. The van der Waals surface area contributed by atoms with Crippen LogP contribution in [0.3, 0.4) is 0 Å². The Labute approximate surface area is 142 Å². The summed E-state index contributed by atoms with van der Waals surface area (Å²) in [6, 6.07) is 26.3. The van der Waals surface area contributed by atoms with Crippen molar-refractivity contribution in [2.24, 2.45) is 0 Å². The Balaban J connectivity index is 2.20. The molecule has 0 N–H and O–H groups in total. The lowest BCUT2D eigenvalue weighted by Crippen LogP contribution is -2.16. The molecule has 0 fully saturated rings. The normalized spacial score (nSPS) is 12.5. The molecule has 0 saturated heterocycles. The highest BCUT2D eigenvalue weighted by Gasteiger charge is 2.28. The summed E-state index contributed by atoms with van der Waals surface area (Å²) in [5, 5.41) is 1.33. The smallest absolute Gasteiger partial charge is 0.214 e. The van der Waals surface area contributed by atoms with Crippen molar-refractivity contribution in [3.8, 4) is 17.3 Å². The van der Waals surface area contributed by atoms with Crippen molar-refractivity contribution in [1.82, 2.24) is 0 Å². The first-order chi connectivity index (χ1) is 11.7. The quantitative estimate of drug-likeness (QED) is 0.535. The molecule has 0 bridgehead atoms. The number of hydrogen-bond acceptors (Lipinski definition) is 2. The van der Waals surface area contributed by atoms with Gasteiger partial charge in [0.05, 0.1) is 12.4 Å². The highest BCUT2D eigenvalue weighted by atomic mass is 31.2. The average molecular weight is 332 g/mol. The zero-order valence-corrected chi connectivity index (χ0v) is 14.2. The summed E-state index contributed by atoms with van der Waals surface area (Å²) in [5.41, 5.74) is 3.88. The van der Waals surface area contributed by atoms with Crippen LogP contribution in [0.4, 0.5) is 0 Å². The fraction of sp³-hybridized carbons (Fsp3) is 0.0476. The molecular weight excluding hydrogens is 315 g/mol. The molecule has 0 aliphatic rings. The second-order valence-corrected chi connectivity index (χ2v) is 7.66. The van der Waals surface area contributed by atoms with Crippen LogP contribution < -0.4 is 15.3 Å². The molecule has 3 rings (SSSR count). The van der Waals surface area contributed by atoms with E-state index in [9.17, 15) is 4.57 Å². The third-order valence-electron chi connectivity index (χ3n) is 3.68. The van der Waals surface area contributed by atoms with Crippen molar-refractivity contribution >= 4 is 17.8 Å². The maximum Gasteiger partial charge on any atom is 0.214 e. The van der Waals surface area contributed by atoms with Gasteiger partial charge in [0.25, 0.3) is 0 Å². The van der Waals surface area contributed by atoms with E-state index in [1.54, 1.807) is 7.11 Å². The number of hydrogen-bond donors (Lipinski definition) is 0. The van der Waals surface area contributed by atoms with Gasteiger partial charge in [0.2, 0.25) is 7.14 Å². The zero-order valence-electron chi connectivity index (χ0n) is 13.3. The first-order valence-electron chi connectivity index (χ1n) is 7.61. The lowest BCUT2D eigenvalue weighted by Gasteiger charge is -2.16. The van der Waals surface area contributed by atoms with Crippen LogP contribution in [-0.4, -0.2) is 7.11 Å². The molecule has 24 heavy (non-hydrogen) atoms. The fourth-order valence-electron chi connectivity index (χ4n) is 2.46. The van der Waals surface area contributed by atoms with E-state index in [2.05, 4.69) is 11.6 Å². The van der Waals surface area contributed by atoms with Gasteiger partial charge in [-0.15, -0.1) is 0 Å². The van der Waals surface area contributed by atoms with E-state index in [0.717, 1.165) is 5.56 Å². The van der Waals surface area contributed by atoms with Crippen LogP contribution in [0.5, 0.6) is 5.75 Å². The van der Waals surface area contributed by atoms with Gasteiger partial charge in [-0.3, -0.25) is 4.57 Å². The molecule has 3 aromatic carbocycles. The van der Waals surface area contributed by atoms with Crippen molar-refractivity contribution in [3.63, 3.8) is 0 Å². The SMILES string of the molecule is COc1ccccc1[P@](=O)(C#Cc1ccccc1)c1ccccc1. The van der Waals surface area contributed by atoms with Crippen LogP contribution in [0.1, 0.15) is 5.56 Å². The predicted octanol–water partition coefficient (Wildman–Crippen LogP) is 4.02. The highest BCUT2D eigenvalue weighted by Crippen LogP contribution is 2.44. The Morgan fingerprint density at radius 2 is 1.38 bits per heavy atom. The van der Waals surface area contributed by atoms with Crippen molar-refractivity contribution in [2.45, 2.75) is 0 Å². The predicted molar refractivity (Wildman–Crippen MR) is 99.6 cm³/mol. The number of methoxy groups -OCH3 is 1. The third-order valence-corrected chi connectivity index (χ3v) is 6.18. The minimum atomic E-state index is -3.13. The van der Waals surface area contributed by atoms with Crippen LogP contribution in [0.2, 0.25) is 0 Å². The first-order valence-corrected chi connectivity index (χ1v) is 9.32. The van der Waals surface area contributed by atoms with Gasteiger partial charge in [0.1, 0.15) is 5.75 Å².